The normalized spacial score (nSPS) is 11.4. The van der Waals surface area contributed by atoms with E-state index in [9.17, 15) is 14.4 Å². The fourth-order valence-electron chi connectivity index (χ4n) is 7.10. The van der Waals surface area contributed by atoms with E-state index in [0.717, 1.165) is 110 Å². The highest BCUT2D eigenvalue weighted by atomic mass is 16.5. The number of hydrogen-bond acceptors (Lipinski definition) is 6. The third-order valence-electron chi connectivity index (χ3n) is 10.8. The van der Waals surface area contributed by atoms with Crippen molar-refractivity contribution < 1.29 is 23.9 Å². The molecule has 0 bridgehead atoms. The number of urea groups is 1. The zero-order valence-electron chi connectivity index (χ0n) is 37.4. The van der Waals surface area contributed by atoms with Crippen LogP contribution in [-0.4, -0.2) is 80.8 Å². The molecule has 0 aliphatic carbocycles. The summed E-state index contributed by atoms with van der Waals surface area (Å²) in [7, 11) is 4.08. The van der Waals surface area contributed by atoms with Gasteiger partial charge in [-0.2, -0.15) is 0 Å². The van der Waals surface area contributed by atoms with Crippen molar-refractivity contribution in [3.63, 3.8) is 0 Å². The fourth-order valence-corrected chi connectivity index (χ4v) is 7.10. The average molecular weight is 780 g/mol. The number of nitrogens with zero attached hydrogens (tertiary/aromatic N) is 2. The van der Waals surface area contributed by atoms with Gasteiger partial charge in [0.15, 0.2) is 0 Å². The summed E-state index contributed by atoms with van der Waals surface area (Å²) in [4.78, 5) is 41.9. The number of likely N-dealkylation sites (N-methyl/N-ethyl adjacent to an activating group) is 1. The van der Waals surface area contributed by atoms with E-state index in [2.05, 4.69) is 31.0 Å². The van der Waals surface area contributed by atoms with E-state index >= 15 is 0 Å². The predicted molar refractivity (Wildman–Crippen MR) is 234 cm³/mol. The molecule has 8 nitrogen and oxygen atoms in total. The molecule has 0 radical (unpaired) electrons. The maximum absolute atomic E-state index is 13.0. The first kappa shape index (κ1) is 53.2. The number of nitrogens with one attached hydrogen (secondary N) is 1. The van der Waals surface area contributed by atoms with Crippen LogP contribution in [0, 0.1) is 0 Å². The average Bonchev–Trinajstić information content (AvgIpc) is 3.16. The van der Waals surface area contributed by atoms with Crippen molar-refractivity contribution in [3.8, 4) is 0 Å². The molecule has 0 saturated carbocycles. The summed E-state index contributed by atoms with van der Waals surface area (Å²) in [6, 6.07) is 0.0322. The number of amides is 2. The molecule has 8 heteroatoms. The molecule has 0 spiro atoms. The lowest BCUT2D eigenvalue weighted by atomic mass is 10.0. The number of carbonyl (C=O) groups excluding carboxylic acids is 3. The van der Waals surface area contributed by atoms with Gasteiger partial charge in [0.1, 0.15) is 6.10 Å². The van der Waals surface area contributed by atoms with Crippen molar-refractivity contribution in [1.29, 1.82) is 0 Å². The summed E-state index contributed by atoms with van der Waals surface area (Å²) in [6.07, 6.45) is 37.0. The number of rotatable bonds is 42. The number of esters is 2. The van der Waals surface area contributed by atoms with Gasteiger partial charge in [-0.3, -0.25) is 9.59 Å². The lowest BCUT2D eigenvalue weighted by Crippen LogP contribution is -2.43. The monoisotopic (exact) mass is 780 g/mol. The summed E-state index contributed by atoms with van der Waals surface area (Å²) >= 11 is 0. The van der Waals surface area contributed by atoms with Crippen LogP contribution >= 0.6 is 0 Å². The van der Waals surface area contributed by atoms with E-state index in [1.165, 1.54) is 109 Å². The molecule has 0 aromatic carbocycles. The van der Waals surface area contributed by atoms with Crippen LogP contribution in [0.15, 0.2) is 0 Å². The quantitative estimate of drug-likeness (QED) is 0.0490. The van der Waals surface area contributed by atoms with Gasteiger partial charge in [0.2, 0.25) is 0 Å². The molecular weight excluding hydrogens is 687 g/mol. The largest absolute Gasteiger partial charge is 0.466 e. The molecule has 0 heterocycles. The van der Waals surface area contributed by atoms with Crippen molar-refractivity contribution in [2.75, 3.05) is 46.9 Å². The zero-order chi connectivity index (χ0) is 40.5. The van der Waals surface area contributed by atoms with Crippen LogP contribution in [0.25, 0.3) is 0 Å². The first-order valence-electron chi connectivity index (χ1n) is 23.9. The SMILES string of the molecule is CCCCCCCCCOC(=O)CCCCCCCN(CCN(C)C)C(=O)NCCCCCCCC(=O)OC(CCCCCCCC)CCCCCCCC. The Bertz CT molecular complexity index is 838. The van der Waals surface area contributed by atoms with E-state index in [-0.39, 0.29) is 24.1 Å². The van der Waals surface area contributed by atoms with E-state index in [0.29, 0.717) is 26.0 Å². The molecule has 0 unspecified atom stereocenters. The fraction of sp³-hybridized carbons (Fsp3) is 0.936. The third-order valence-corrected chi connectivity index (χ3v) is 10.8. The number of carbonyl (C=O) groups is 3. The van der Waals surface area contributed by atoms with Gasteiger partial charge in [-0.1, -0.05) is 162 Å². The van der Waals surface area contributed by atoms with Crippen LogP contribution < -0.4 is 5.32 Å². The molecule has 55 heavy (non-hydrogen) atoms. The Morgan fingerprint density at radius 1 is 0.473 bits per heavy atom. The molecule has 2 amide bonds. The second-order valence-electron chi connectivity index (χ2n) is 16.6. The van der Waals surface area contributed by atoms with Gasteiger partial charge in [-0.25, -0.2) is 4.79 Å². The molecule has 0 saturated heterocycles. The van der Waals surface area contributed by atoms with Crippen LogP contribution in [0.5, 0.6) is 0 Å². The van der Waals surface area contributed by atoms with Crippen LogP contribution in [0.1, 0.15) is 233 Å². The minimum Gasteiger partial charge on any atom is -0.466 e. The van der Waals surface area contributed by atoms with Crippen molar-refractivity contribution in [1.82, 2.24) is 15.1 Å². The second kappa shape index (κ2) is 41.8. The third kappa shape index (κ3) is 38.8. The van der Waals surface area contributed by atoms with E-state index < -0.39 is 0 Å². The Kier molecular flexibility index (Phi) is 40.4. The number of unbranched alkanes of at least 4 members (excludes halogenated alkanes) is 24. The lowest BCUT2D eigenvalue weighted by Gasteiger charge is -2.25. The zero-order valence-corrected chi connectivity index (χ0v) is 37.4. The lowest BCUT2D eigenvalue weighted by molar-refractivity contribution is -0.150. The van der Waals surface area contributed by atoms with Crippen molar-refractivity contribution >= 4 is 18.0 Å². The predicted octanol–water partition coefficient (Wildman–Crippen LogP) is 12.9. The molecule has 1 N–H and O–H groups in total. The minimum absolute atomic E-state index is 0.0129. The molecule has 0 aromatic heterocycles. The van der Waals surface area contributed by atoms with Gasteiger partial charge in [0, 0.05) is 39.0 Å². The molecule has 0 aliphatic heterocycles. The molecule has 326 valence electrons. The Hall–Kier alpha value is -1.83. The summed E-state index contributed by atoms with van der Waals surface area (Å²) in [6.45, 7) is 10.3. The van der Waals surface area contributed by atoms with Crippen molar-refractivity contribution in [2.24, 2.45) is 0 Å². The first-order chi connectivity index (χ1) is 26.8. The Morgan fingerprint density at radius 2 is 0.909 bits per heavy atom. The summed E-state index contributed by atoms with van der Waals surface area (Å²) < 4.78 is 11.4. The van der Waals surface area contributed by atoms with Gasteiger partial charge < -0.3 is 24.6 Å². The molecule has 0 atom stereocenters. The summed E-state index contributed by atoms with van der Waals surface area (Å²) in [5.41, 5.74) is 0. The molecule has 0 aromatic rings. The summed E-state index contributed by atoms with van der Waals surface area (Å²) in [5, 5.41) is 3.15. The number of hydrogen-bond donors (Lipinski definition) is 1. The van der Waals surface area contributed by atoms with Gasteiger partial charge in [0.25, 0.3) is 0 Å². The molecule has 0 fully saturated rings. The van der Waals surface area contributed by atoms with E-state index in [1.807, 2.05) is 19.0 Å². The summed E-state index contributed by atoms with van der Waals surface area (Å²) in [5.74, 6) is -0.0697. The topological polar surface area (TPSA) is 88.2 Å². The minimum atomic E-state index is -0.0569. The Balaban J connectivity index is 4.16. The maximum atomic E-state index is 13.0. The van der Waals surface area contributed by atoms with Crippen LogP contribution in [0.4, 0.5) is 4.79 Å². The van der Waals surface area contributed by atoms with Gasteiger partial charge in [-0.05, 0) is 71.9 Å². The maximum Gasteiger partial charge on any atom is 0.317 e. The number of ether oxygens (including phenoxy) is 2. The molecule has 0 rings (SSSR count). The molecule has 0 aliphatic rings. The van der Waals surface area contributed by atoms with Crippen molar-refractivity contribution in [2.45, 2.75) is 239 Å². The van der Waals surface area contributed by atoms with Crippen LogP contribution in [-0.2, 0) is 19.1 Å². The van der Waals surface area contributed by atoms with Crippen molar-refractivity contribution in [3.05, 3.63) is 0 Å². The second-order valence-corrected chi connectivity index (χ2v) is 16.6. The van der Waals surface area contributed by atoms with E-state index in [1.54, 1.807) is 0 Å². The molecular formula is C47H93N3O5. The highest BCUT2D eigenvalue weighted by Gasteiger charge is 2.15. The highest BCUT2D eigenvalue weighted by molar-refractivity contribution is 5.74. The Labute approximate surface area is 341 Å². The first-order valence-corrected chi connectivity index (χ1v) is 23.9. The standard InChI is InChI=1S/C47H93N3O5/c1-6-9-12-15-18-27-34-43-54-45(51)37-30-24-20-26-33-40-50(42-41-49(4)5)47(53)48-39-32-25-19-23-31-38-46(52)55-44(35-28-21-16-13-10-7-2)36-29-22-17-14-11-8-3/h44H,6-43H2,1-5H3,(H,48,53). The Morgan fingerprint density at radius 3 is 1.44 bits per heavy atom. The highest BCUT2D eigenvalue weighted by Crippen LogP contribution is 2.18. The van der Waals surface area contributed by atoms with Gasteiger partial charge >= 0.3 is 18.0 Å². The van der Waals surface area contributed by atoms with Gasteiger partial charge in [0.05, 0.1) is 6.61 Å². The van der Waals surface area contributed by atoms with Gasteiger partial charge in [-0.15, -0.1) is 0 Å². The smallest absolute Gasteiger partial charge is 0.317 e. The van der Waals surface area contributed by atoms with E-state index in [4.69, 9.17) is 9.47 Å². The van der Waals surface area contributed by atoms with Crippen LogP contribution in [0.2, 0.25) is 0 Å². The van der Waals surface area contributed by atoms with Crippen LogP contribution in [0.3, 0.4) is 0 Å².